The average molecular weight is 413 g/mol. The number of benzene rings is 1. The maximum atomic E-state index is 14.0. The Hall–Kier alpha value is -2.67. The van der Waals surface area contributed by atoms with E-state index in [1.54, 1.807) is 12.3 Å². The molecule has 1 atom stereocenters. The summed E-state index contributed by atoms with van der Waals surface area (Å²) >= 11 is 0. The zero-order valence-corrected chi connectivity index (χ0v) is 18.2. The first kappa shape index (κ1) is 22.0. The molecule has 1 aliphatic heterocycles. The highest BCUT2D eigenvalue weighted by atomic mass is 19.1. The van der Waals surface area contributed by atoms with Gasteiger partial charge in [-0.1, -0.05) is 31.2 Å². The van der Waals surface area contributed by atoms with Gasteiger partial charge in [-0.2, -0.15) is 0 Å². The molecule has 0 radical (unpaired) electrons. The maximum Gasteiger partial charge on any atom is 0.191 e. The molecule has 2 N–H and O–H groups in total. The number of hydrogen-bond donors (Lipinski definition) is 2. The topological polar surface area (TPSA) is 55.8 Å². The molecular formula is C23H33FN6. The number of anilines is 1. The first-order valence-electron chi connectivity index (χ1n) is 10.8. The molecule has 2 aromatic rings. The molecule has 0 saturated carbocycles. The van der Waals surface area contributed by atoms with Gasteiger partial charge in [0.2, 0.25) is 0 Å². The molecule has 1 aromatic carbocycles. The Bertz CT molecular complexity index is 840. The Morgan fingerprint density at radius 3 is 2.87 bits per heavy atom. The molecule has 7 heteroatoms. The monoisotopic (exact) mass is 412 g/mol. The summed E-state index contributed by atoms with van der Waals surface area (Å²) in [4.78, 5) is 13.2. The van der Waals surface area contributed by atoms with Crippen LogP contribution in [0.1, 0.15) is 31.4 Å². The predicted octanol–water partition coefficient (Wildman–Crippen LogP) is 3.01. The molecule has 2 heterocycles. The largest absolute Gasteiger partial charge is 0.357 e. The highest BCUT2D eigenvalue weighted by Crippen LogP contribution is 2.20. The zero-order valence-electron chi connectivity index (χ0n) is 18.2. The summed E-state index contributed by atoms with van der Waals surface area (Å²) < 4.78 is 14.0. The fraction of sp³-hybridized carbons (Fsp3) is 0.478. The van der Waals surface area contributed by atoms with Crippen molar-refractivity contribution in [1.82, 2.24) is 20.5 Å². The highest BCUT2D eigenvalue weighted by Gasteiger charge is 2.25. The zero-order chi connectivity index (χ0) is 21.3. The third-order valence-corrected chi connectivity index (χ3v) is 5.32. The Balaban J connectivity index is 1.60. The molecule has 1 unspecified atom stereocenters. The quantitative estimate of drug-likeness (QED) is 0.516. The number of rotatable bonds is 8. The smallest absolute Gasteiger partial charge is 0.191 e. The van der Waals surface area contributed by atoms with Crippen molar-refractivity contribution >= 4 is 11.8 Å². The van der Waals surface area contributed by atoms with E-state index in [0.29, 0.717) is 18.9 Å². The fourth-order valence-electron chi connectivity index (χ4n) is 3.61. The van der Waals surface area contributed by atoms with Crippen LogP contribution in [0.2, 0.25) is 0 Å². The SMILES string of the molecule is CCNC(=NCc1cccc(CN(C)CC)c1)NC1CCN(c2ncccc2F)C1. The van der Waals surface area contributed by atoms with Crippen LogP contribution in [0, 0.1) is 5.82 Å². The van der Waals surface area contributed by atoms with Crippen molar-refractivity contribution in [3.05, 3.63) is 59.5 Å². The van der Waals surface area contributed by atoms with Crippen LogP contribution in [-0.4, -0.2) is 55.1 Å². The van der Waals surface area contributed by atoms with Gasteiger partial charge in [0.1, 0.15) is 0 Å². The summed E-state index contributed by atoms with van der Waals surface area (Å²) in [6.45, 7) is 9.07. The average Bonchev–Trinajstić information content (AvgIpc) is 3.21. The summed E-state index contributed by atoms with van der Waals surface area (Å²) in [6.07, 6.45) is 2.55. The molecule has 3 rings (SSSR count). The summed E-state index contributed by atoms with van der Waals surface area (Å²) in [6, 6.07) is 11.9. The maximum absolute atomic E-state index is 14.0. The normalized spacial score (nSPS) is 16.9. The number of aromatic nitrogens is 1. The van der Waals surface area contributed by atoms with Crippen LogP contribution in [0.25, 0.3) is 0 Å². The lowest BCUT2D eigenvalue weighted by molar-refractivity contribution is 0.345. The van der Waals surface area contributed by atoms with Gasteiger partial charge in [-0.3, -0.25) is 0 Å². The van der Waals surface area contributed by atoms with E-state index in [2.05, 4.69) is 65.7 Å². The van der Waals surface area contributed by atoms with Crippen molar-refractivity contribution in [3.63, 3.8) is 0 Å². The molecule has 0 spiro atoms. The van der Waals surface area contributed by atoms with Crippen molar-refractivity contribution < 1.29 is 4.39 Å². The van der Waals surface area contributed by atoms with Crippen LogP contribution in [0.3, 0.4) is 0 Å². The van der Waals surface area contributed by atoms with Crippen molar-refractivity contribution in [3.8, 4) is 0 Å². The van der Waals surface area contributed by atoms with Gasteiger partial charge in [0.05, 0.1) is 6.54 Å². The number of nitrogens with zero attached hydrogens (tertiary/aromatic N) is 4. The van der Waals surface area contributed by atoms with Crippen LogP contribution in [0.5, 0.6) is 0 Å². The third-order valence-electron chi connectivity index (χ3n) is 5.32. The van der Waals surface area contributed by atoms with Crippen LogP contribution in [-0.2, 0) is 13.1 Å². The van der Waals surface area contributed by atoms with Gasteiger partial charge in [0, 0.05) is 38.4 Å². The van der Waals surface area contributed by atoms with Crippen molar-refractivity contribution in [2.45, 2.75) is 39.4 Å². The van der Waals surface area contributed by atoms with E-state index in [0.717, 1.165) is 38.6 Å². The van der Waals surface area contributed by atoms with Crippen molar-refractivity contribution in [2.24, 2.45) is 4.99 Å². The van der Waals surface area contributed by atoms with Gasteiger partial charge >= 0.3 is 0 Å². The second kappa shape index (κ2) is 10.9. The van der Waals surface area contributed by atoms with E-state index >= 15 is 0 Å². The van der Waals surface area contributed by atoms with E-state index in [1.165, 1.54) is 17.2 Å². The van der Waals surface area contributed by atoms with E-state index in [1.807, 2.05) is 4.90 Å². The molecule has 1 fully saturated rings. The number of halogens is 1. The molecule has 1 saturated heterocycles. The highest BCUT2D eigenvalue weighted by molar-refractivity contribution is 5.80. The lowest BCUT2D eigenvalue weighted by Crippen LogP contribution is -2.44. The second-order valence-corrected chi connectivity index (χ2v) is 7.73. The second-order valence-electron chi connectivity index (χ2n) is 7.73. The van der Waals surface area contributed by atoms with Gasteiger partial charge in [0.15, 0.2) is 17.6 Å². The molecular weight excluding hydrogens is 379 g/mol. The van der Waals surface area contributed by atoms with Gasteiger partial charge in [-0.15, -0.1) is 0 Å². The molecule has 0 amide bonds. The molecule has 1 aliphatic rings. The Morgan fingerprint density at radius 1 is 1.27 bits per heavy atom. The third kappa shape index (κ3) is 6.16. The number of guanidine groups is 1. The van der Waals surface area contributed by atoms with Crippen molar-refractivity contribution in [1.29, 1.82) is 0 Å². The number of pyridine rings is 1. The van der Waals surface area contributed by atoms with Crippen LogP contribution >= 0.6 is 0 Å². The molecule has 30 heavy (non-hydrogen) atoms. The minimum absolute atomic E-state index is 0.203. The summed E-state index contributed by atoms with van der Waals surface area (Å²) in [5.41, 5.74) is 2.49. The first-order valence-corrected chi connectivity index (χ1v) is 10.8. The number of aliphatic imine (C=N–C) groups is 1. The Labute approximate surface area is 179 Å². The first-order chi connectivity index (χ1) is 14.6. The summed E-state index contributed by atoms with van der Waals surface area (Å²) in [5, 5.41) is 6.83. The van der Waals surface area contributed by atoms with Crippen LogP contribution < -0.4 is 15.5 Å². The summed E-state index contributed by atoms with van der Waals surface area (Å²) in [7, 11) is 2.12. The molecule has 0 aliphatic carbocycles. The van der Waals surface area contributed by atoms with Gasteiger partial charge in [0.25, 0.3) is 0 Å². The van der Waals surface area contributed by atoms with Crippen LogP contribution in [0.4, 0.5) is 10.2 Å². The summed E-state index contributed by atoms with van der Waals surface area (Å²) in [5.74, 6) is 0.951. The van der Waals surface area contributed by atoms with E-state index in [4.69, 9.17) is 4.99 Å². The van der Waals surface area contributed by atoms with Gasteiger partial charge in [-0.25, -0.2) is 14.4 Å². The molecule has 0 bridgehead atoms. The molecule has 1 aromatic heterocycles. The Morgan fingerprint density at radius 2 is 2.10 bits per heavy atom. The van der Waals surface area contributed by atoms with Crippen molar-refractivity contribution in [2.75, 3.05) is 38.1 Å². The minimum atomic E-state index is -0.271. The van der Waals surface area contributed by atoms with E-state index in [9.17, 15) is 4.39 Å². The van der Waals surface area contributed by atoms with E-state index < -0.39 is 0 Å². The number of nitrogens with one attached hydrogen (secondary N) is 2. The fourth-order valence-corrected chi connectivity index (χ4v) is 3.61. The standard InChI is InChI=1S/C23H33FN6/c1-4-25-23(27-15-18-8-6-9-19(14-18)16-29(3)5-2)28-20-11-13-30(17-20)22-21(24)10-7-12-26-22/h6-10,12,14,20H,4-5,11,13,15-17H2,1-3H3,(H2,25,27,28). The van der Waals surface area contributed by atoms with Gasteiger partial charge in [-0.05, 0) is 50.2 Å². The molecule has 6 nitrogen and oxygen atoms in total. The number of hydrogen-bond acceptors (Lipinski definition) is 4. The van der Waals surface area contributed by atoms with Gasteiger partial charge < -0.3 is 20.4 Å². The predicted molar refractivity (Wildman–Crippen MR) is 121 cm³/mol. The van der Waals surface area contributed by atoms with E-state index in [-0.39, 0.29) is 11.9 Å². The molecule has 162 valence electrons. The lowest BCUT2D eigenvalue weighted by atomic mass is 10.1. The minimum Gasteiger partial charge on any atom is -0.357 e. The lowest BCUT2D eigenvalue weighted by Gasteiger charge is -2.20. The Kier molecular flexibility index (Phi) is 8.02. The van der Waals surface area contributed by atoms with Crippen LogP contribution in [0.15, 0.2) is 47.6 Å².